The molecule has 0 aromatic rings. The summed E-state index contributed by atoms with van der Waals surface area (Å²) in [5, 5.41) is 0. The van der Waals surface area contributed by atoms with Crippen LogP contribution in [-0.4, -0.2) is 29.9 Å². The summed E-state index contributed by atoms with van der Waals surface area (Å²) >= 11 is 0. The zero-order valence-electron chi connectivity index (χ0n) is 10.0. The lowest BCUT2D eigenvalue weighted by Gasteiger charge is -2.29. The zero-order valence-corrected chi connectivity index (χ0v) is 10.0. The first-order valence-corrected chi connectivity index (χ1v) is 6.65. The fraction of sp³-hybridized carbons (Fsp3) is 0.923. The summed E-state index contributed by atoms with van der Waals surface area (Å²) in [6.07, 6.45) is 11.0. The van der Waals surface area contributed by atoms with Gasteiger partial charge in [-0.2, -0.15) is 0 Å². The third-order valence-electron chi connectivity index (χ3n) is 3.76. The van der Waals surface area contributed by atoms with Gasteiger partial charge in [0.2, 0.25) is 0 Å². The molecule has 0 aromatic heterocycles. The summed E-state index contributed by atoms with van der Waals surface area (Å²) in [5.41, 5.74) is 0. The quantitative estimate of drug-likeness (QED) is 0.477. The van der Waals surface area contributed by atoms with Crippen molar-refractivity contribution in [1.29, 1.82) is 0 Å². The molecule has 86 valence electrons. The minimum atomic E-state index is 0.640. The first-order chi connectivity index (χ1) is 7.36. The molecule has 2 rings (SSSR count). The number of aliphatic imine (C=N–C) groups is 1. The van der Waals surface area contributed by atoms with Gasteiger partial charge in [0.25, 0.3) is 0 Å². The van der Waals surface area contributed by atoms with Gasteiger partial charge in [0.1, 0.15) is 0 Å². The van der Waals surface area contributed by atoms with Gasteiger partial charge in [-0.1, -0.05) is 19.3 Å². The van der Waals surface area contributed by atoms with E-state index in [-0.39, 0.29) is 0 Å². The van der Waals surface area contributed by atoms with Crippen LogP contribution in [0.15, 0.2) is 4.99 Å². The lowest BCUT2D eigenvalue weighted by atomic mass is 9.96. The molecule has 15 heavy (non-hydrogen) atoms. The Bertz CT molecular complexity index is 211. The molecule has 0 amide bonds. The summed E-state index contributed by atoms with van der Waals surface area (Å²) in [7, 11) is 0. The molecule has 2 nitrogen and oxygen atoms in total. The Balaban J connectivity index is 1.86. The Morgan fingerprint density at radius 3 is 2.20 bits per heavy atom. The van der Waals surface area contributed by atoms with Crippen LogP contribution in [-0.2, 0) is 0 Å². The summed E-state index contributed by atoms with van der Waals surface area (Å²) in [6, 6.07) is 0.640. The topological polar surface area (TPSA) is 15.6 Å². The van der Waals surface area contributed by atoms with Crippen LogP contribution < -0.4 is 0 Å². The molecule has 2 aliphatic rings. The average Bonchev–Trinajstić information content (AvgIpc) is 2.31. The predicted molar refractivity (Wildman–Crippen MR) is 65.4 cm³/mol. The van der Waals surface area contributed by atoms with E-state index in [0.29, 0.717) is 6.04 Å². The van der Waals surface area contributed by atoms with Crippen molar-refractivity contribution in [2.45, 2.75) is 64.3 Å². The van der Waals surface area contributed by atoms with Crippen LogP contribution in [0.3, 0.4) is 0 Å². The van der Waals surface area contributed by atoms with Gasteiger partial charge in [-0.3, -0.25) is 4.99 Å². The molecule has 2 fully saturated rings. The normalized spacial score (nSPS) is 25.7. The Labute approximate surface area is 93.8 Å². The number of nitrogens with zero attached hydrogens (tertiary/aromatic N) is 2. The van der Waals surface area contributed by atoms with Crippen molar-refractivity contribution >= 4 is 5.84 Å². The van der Waals surface area contributed by atoms with E-state index < -0.39 is 0 Å². The fourth-order valence-electron chi connectivity index (χ4n) is 2.77. The molecule has 0 N–H and O–H groups in total. The highest BCUT2D eigenvalue weighted by Crippen LogP contribution is 2.21. The van der Waals surface area contributed by atoms with Crippen molar-refractivity contribution in [3.63, 3.8) is 0 Å². The molecule has 1 saturated heterocycles. The van der Waals surface area contributed by atoms with Gasteiger partial charge in [-0.25, -0.2) is 0 Å². The first kappa shape index (κ1) is 11.0. The SMILES string of the molecule is CC(=NC1CCCCC1)N1CCCCC1. The van der Waals surface area contributed by atoms with Crippen molar-refractivity contribution in [3.8, 4) is 0 Å². The third-order valence-corrected chi connectivity index (χ3v) is 3.76. The minimum absolute atomic E-state index is 0.640. The maximum Gasteiger partial charge on any atom is 0.0960 e. The number of hydrogen-bond acceptors (Lipinski definition) is 1. The van der Waals surface area contributed by atoms with Crippen molar-refractivity contribution < 1.29 is 0 Å². The molecule has 0 aromatic carbocycles. The molecule has 1 aliphatic heterocycles. The molecule has 1 saturated carbocycles. The first-order valence-electron chi connectivity index (χ1n) is 6.65. The van der Waals surface area contributed by atoms with Gasteiger partial charge >= 0.3 is 0 Å². The Morgan fingerprint density at radius 2 is 1.53 bits per heavy atom. The number of hydrogen-bond donors (Lipinski definition) is 0. The summed E-state index contributed by atoms with van der Waals surface area (Å²) in [4.78, 5) is 7.39. The number of piperidine rings is 1. The van der Waals surface area contributed by atoms with Gasteiger partial charge in [-0.05, 0) is 39.0 Å². The Hall–Kier alpha value is -0.530. The van der Waals surface area contributed by atoms with Gasteiger partial charge in [0.15, 0.2) is 0 Å². The lowest BCUT2D eigenvalue weighted by molar-refractivity contribution is 0.335. The second kappa shape index (κ2) is 5.53. The van der Waals surface area contributed by atoms with Crippen LogP contribution >= 0.6 is 0 Å². The second-order valence-electron chi connectivity index (χ2n) is 5.02. The molecule has 1 heterocycles. The monoisotopic (exact) mass is 208 g/mol. The van der Waals surface area contributed by atoms with E-state index in [1.807, 2.05) is 0 Å². The van der Waals surface area contributed by atoms with Crippen molar-refractivity contribution in [2.75, 3.05) is 13.1 Å². The van der Waals surface area contributed by atoms with Crippen molar-refractivity contribution in [3.05, 3.63) is 0 Å². The standard InChI is InChI=1S/C13H24N2/c1-12(15-10-6-3-7-11-15)14-13-8-4-2-5-9-13/h13H,2-11H2,1H3. The van der Waals surface area contributed by atoms with Gasteiger partial charge in [0.05, 0.1) is 11.9 Å². The second-order valence-corrected chi connectivity index (χ2v) is 5.02. The number of amidine groups is 1. The highest BCUT2D eigenvalue weighted by molar-refractivity contribution is 5.79. The van der Waals surface area contributed by atoms with E-state index in [1.54, 1.807) is 0 Å². The summed E-state index contributed by atoms with van der Waals surface area (Å²) < 4.78 is 0. The van der Waals surface area contributed by atoms with Crippen LogP contribution in [0.5, 0.6) is 0 Å². The fourth-order valence-corrected chi connectivity index (χ4v) is 2.77. The largest absolute Gasteiger partial charge is 0.361 e. The van der Waals surface area contributed by atoms with Crippen LogP contribution in [0.25, 0.3) is 0 Å². The minimum Gasteiger partial charge on any atom is -0.361 e. The van der Waals surface area contributed by atoms with Crippen LogP contribution in [0, 0.1) is 0 Å². The van der Waals surface area contributed by atoms with Crippen molar-refractivity contribution in [1.82, 2.24) is 4.90 Å². The lowest BCUT2D eigenvalue weighted by Crippen LogP contribution is -2.35. The van der Waals surface area contributed by atoms with Gasteiger partial charge in [-0.15, -0.1) is 0 Å². The maximum atomic E-state index is 4.90. The highest BCUT2D eigenvalue weighted by atomic mass is 15.2. The molecule has 0 spiro atoms. The number of rotatable bonds is 1. The van der Waals surface area contributed by atoms with Crippen molar-refractivity contribution in [2.24, 2.45) is 4.99 Å². The van der Waals surface area contributed by atoms with Gasteiger partial charge < -0.3 is 4.90 Å². The molecular formula is C13H24N2. The zero-order chi connectivity index (χ0) is 10.5. The average molecular weight is 208 g/mol. The smallest absolute Gasteiger partial charge is 0.0960 e. The molecule has 0 bridgehead atoms. The summed E-state index contributed by atoms with van der Waals surface area (Å²) in [6.45, 7) is 4.68. The molecule has 1 aliphatic carbocycles. The molecule has 0 radical (unpaired) electrons. The third kappa shape index (κ3) is 3.22. The van der Waals surface area contributed by atoms with Crippen LogP contribution in [0.1, 0.15) is 58.3 Å². The van der Waals surface area contributed by atoms with Gasteiger partial charge in [0, 0.05) is 13.1 Å². The maximum absolute atomic E-state index is 4.90. The van der Waals surface area contributed by atoms with E-state index in [4.69, 9.17) is 4.99 Å². The predicted octanol–water partition coefficient (Wildman–Crippen LogP) is 3.22. The van der Waals surface area contributed by atoms with E-state index in [0.717, 1.165) is 0 Å². The van der Waals surface area contributed by atoms with E-state index in [2.05, 4.69) is 11.8 Å². The summed E-state index contributed by atoms with van der Waals surface area (Å²) in [5.74, 6) is 1.31. The van der Waals surface area contributed by atoms with E-state index in [1.165, 1.54) is 70.3 Å². The Morgan fingerprint density at radius 1 is 0.933 bits per heavy atom. The van der Waals surface area contributed by atoms with Crippen LogP contribution in [0.4, 0.5) is 0 Å². The van der Waals surface area contributed by atoms with E-state index >= 15 is 0 Å². The van der Waals surface area contributed by atoms with Crippen LogP contribution in [0.2, 0.25) is 0 Å². The molecule has 2 heteroatoms. The number of likely N-dealkylation sites (tertiary alicyclic amines) is 1. The molecule has 0 unspecified atom stereocenters. The Kier molecular flexibility index (Phi) is 4.04. The van der Waals surface area contributed by atoms with E-state index in [9.17, 15) is 0 Å². The highest BCUT2D eigenvalue weighted by Gasteiger charge is 2.15. The molecular weight excluding hydrogens is 184 g/mol. The molecule has 0 atom stereocenters.